The van der Waals surface area contributed by atoms with Crippen molar-refractivity contribution in [1.82, 2.24) is 5.32 Å². The molecule has 0 radical (unpaired) electrons. The summed E-state index contributed by atoms with van der Waals surface area (Å²) < 4.78 is 11.0. The van der Waals surface area contributed by atoms with Crippen molar-refractivity contribution in [1.29, 1.82) is 0 Å². The Balaban J connectivity index is 2.41. The van der Waals surface area contributed by atoms with Gasteiger partial charge in [0.05, 0.1) is 25.4 Å². The Morgan fingerprint density at radius 3 is 1.56 bits per heavy atom. The maximum atomic E-state index is 13.0. The average Bonchev–Trinajstić information content (AvgIpc) is 3.17. The maximum absolute atomic E-state index is 13.0. The molecule has 54 heavy (non-hydrogen) atoms. The molecule has 1 saturated heterocycles. The number of carbonyl (C=O) groups is 1. The van der Waals surface area contributed by atoms with Gasteiger partial charge in [0.15, 0.2) is 6.29 Å². The molecule has 9 unspecified atom stereocenters. The van der Waals surface area contributed by atoms with Crippen LogP contribution in [-0.4, -0.2) is 110 Å². The smallest absolute Gasteiger partial charge is 0.249 e. The number of amides is 1. The van der Waals surface area contributed by atoms with Crippen molar-refractivity contribution < 1.29 is 50.0 Å². The van der Waals surface area contributed by atoms with Crippen molar-refractivity contribution >= 4 is 5.91 Å². The number of rotatable bonds is 36. The molecule has 0 aromatic rings. The second kappa shape index (κ2) is 33.9. The minimum Gasteiger partial charge on any atom is -0.394 e. The molecule has 11 heteroatoms. The molecule has 320 valence electrons. The molecule has 1 rings (SSSR count). The third-order valence-corrected chi connectivity index (χ3v) is 10.8. The fraction of sp³-hybridized carbons (Fsp3) is 0.930. The molecule has 11 nitrogen and oxygen atoms in total. The third kappa shape index (κ3) is 23.8. The predicted octanol–water partition coefficient (Wildman–Crippen LogP) is 6.50. The molecule has 0 spiro atoms. The van der Waals surface area contributed by atoms with Gasteiger partial charge in [-0.05, 0) is 38.5 Å². The monoisotopic (exact) mass is 774 g/mol. The van der Waals surface area contributed by atoms with Crippen LogP contribution in [-0.2, 0) is 14.3 Å². The van der Waals surface area contributed by atoms with E-state index in [-0.39, 0.29) is 6.42 Å². The maximum Gasteiger partial charge on any atom is 0.249 e. The minimum atomic E-state index is -1.66. The first kappa shape index (κ1) is 50.9. The highest BCUT2D eigenvalue weighted by molar-refractivity contribution is 5.80. The summed E-state index contributed by atoms with van der Waals surface area (Å²) in [5.41, 5.74) is 0. The molecule has 1 aliphatic heterocycles. The summed E-state index contributed by atoms with van der Waals surface area (Å²) in [4.78, 5) is 13.0. The molecular formula is C43H83NO10. The van der Waals surface area contributed by atoms with Gasteiger partial charge in [0, 0.05) is 0 Å². The minimum absolute atomic E-state index is 0.255. The van der Waals surface area contributed by atoms with E-state index in [4.69, 9.17) is 9.47 Å². The summed E-state index contributed by atoms with van der Waals surface area (Å²) in [5, 5.41) is 75.3. The number of aliphatic hydroxyl groups excluding tert-OH is 7. The number of carbonyl (C=O) groups excluding carboxylic acids is 1. The lowest BCUT2D eigenvalue weighted by atomic mass is 9.98. The highest BCUT2D eigenvalue weighted by Crippen LogP contribution is 2.23. The van der Waals surface area contributed by atoms with Gasteiger partial charge in [-0.1, -0.05) is 161 Å². The van der Waals surface area contributed by atoms with Gasteiger partial charge in [0.2, 0.25) is 5.91 Å². The van der Waals surface area contributed by atoms with Gasteiger partial charge in [-0.3, -0.25) is 4.79 Å². The second-order valence-electron chi connectivity index (χ2n) is 15.8. The third-order valence-electron chi connectivity index (χ3n) is 10.8. The number of hydrogen-bond acceptors (Lipinski definition) is 10. The summed E-state index contributed by atoms with van der Waals surface area (Å²) in [6, 6.07) is -1.16. The molecule has 0 saturated carbocycles. The van der Waals surface area contributed by atoms with Gasteiger partial charge < -0.3 is 50.5 Å². The van der Waals surface area contributed by atoms with Crippen LogP contribution in [0.2, 0.25) is 0 Å². The first-order chi connectivity index (χ1) is 26.2. The highest BCUT2D eigenvalue weighted by atomic mass is 16.7. The van der Waals surface area contributed by atoms with E-state index in [2.05, 4.69) is 31.3 Å². The summed E-state index contributed by atoms with van der Waals surface area (Å²) in [6.45, 7) is 3.38. The van der Waals surface area contributed by atoms with E-state index in [1.54, 1.807) is 0 Å². The van der Waals surface area contributed by atoms with Crippen molar-refractivity contribution in [3.05, 3.63) is 12.2 Å². The van der Waals surface area contributed by atoms with Gasteiger partial charge in [0.1, 0.15) is 36.6 Å². The first-order valence-corrected chi connectivity index (χ1v) is 22.1. The molecule has 0 aromatic heterocycles. The number of hydrogen-bond donors (Lipinski definition) is 8. The Kier molecular flexibility index (Phi) is 32.0. The van der Waals surface area contributed by atoms with Gasteiger partial charge in [-0.25, -0.2) is 0 Å². The van der Waals surface area contributed by atoms with Crippen molar-refractivity contribution in [3.63, 3.8) is 0 Å². The number of allylic oxidation sites excluding steroid dienone is 2. The molecule has 8 N–H and O–H groups in total. The topological polar surface area (TPSA) is 189 Å². The first-order valence-electron chi connectivity index (χ1n) is 22.1. The van der Waals surface area contributed by atoms with Crippen LogP contribution in [0.1, 0.15) is 187 Å². The van der Waals surface area contributed by atoms with E-state index in [0.717, 1.165) is 51.4 Å². The van der Waals surface area contributed by atoms with Crippen LogP contribution in [0.15, 0.2) is 12.2 Å². The van der Waals surface area contributed by atoms with E-state index in [1.807, 2.05) is 0 Å². The van der Waals surface area contributed by atoms with Crippen molar-refractivity contribution in [2.75, 3.05) is 13.2 Å². The van der Waals surface area contributed by atoms with Crippen molar-refractivity contribution in [2.45, 2.75) is 242 Å². The average molecular weight is 774 g/mol. The Morgan fingerprint density at radius 1 is 0.630 bits per heavy atom. The fourth-order valence-corrected chi connectivity index (χ4v) is 7.08. The lowest BCUT2D eigenvalue weighted by molar-refractivity contribution is -0.303. The fourth-order valence-electron chi connectivity index (χ4n) is 7.08. The largest absolute Gasteiger partial charge is 0.394 e. The quantitative estimate of drug-likeness (QED) is 0.0258. The molecule has 1 heterocycles. The van der Waals surface area contributed by atoms with Crippen LogP contribution in [0, 0.1) is 0 Å². The summed E-state index contributed by atoms with van der Waals surface area (Å²) >= 11 is 0. The van der Waals surface area contributed by atoms with Crippen LogP contribution in [0.3, 0.4) is 0 Å². The molecule has 9 atom stereocenters. The molecule has 1 amide bonds. The number of unbranched alkanes of at least 4 members (excludes halogenated alkanes) is 22. The molecule has 0 bridgehead atoms. The lowest BCUT2D eigenvalue weighted by Gasteiger charge is -2.40. The van der Waals surface area contributed by atoms with E-state index in [1.165, 1.54) is 96.3 Å². The van der Waals surface area contributed by atoms with E-state index in [9.17, 15) is 40.5 Å². The number of aliphatic hydroxyl groups is 7. The zero-order valence-corrected chi connectivity index (χ0v) is 34.2. The summed E-state index contributed by atoms with van der Waals surface area (Å²) in [5.74, 6) is -0.704. The van der Waals surface area contributed by atoms with Gasteiger partial charge in [-0.2, -0.15) is 0 Å². The Hall–Kier alpha value is -1.15. The van der Waals surface area contributed by atoms with Gasteiger partial charge in [0.25, 0.3) is 0 Å². The van der Waals surface area contributed by atoms with Crippen molar-refractivity contribution in [3.8, 4) is 0 Å². The zero-order valence-electron chi connectivity index (χ0n) is 34.2. The Labute approximate surface area is 328 Å². The standard InChI is InChI=1S/C43H83NO10/c1-3-5-7-9-11-13-14-15-16-17-18-19-20-21-22-23-25-27-29-31-36(47)42(52)44-34(33-53-43-41(51)40(50)39(49)37(32-45)54-43)38(48)35(46)30-28-26-24-12-10-8-6-4-2/h18-19,34-41,43,45-51H,3-17,20-33H2,1-2H3,(H,44,52)/b19-18-. The van der Waals surface area contributed by atoms with Crippen LogP contribution in [0.5, 0.6) is 0 Å². The van der Waals surface area contributed by atoms with E-state index < -0.39 is 74.2 Å². The molecule has 1 fully saturated rings. The van der Waals surface area contributed by atoms with Crippen LogP contribution >= 0.6 is 0 Å². The lowest BCUT2D eigenvalue weighted by Crippen LogP contribution is -2.60. The van der Waals surface area contributed by atoms with Crippen LogP contribution in [0.4, 0.5) is 0 Å². The number of ether oxygens (including phenoxy) is 2. The Bertz CT molecular complexity index is 892. The predicted molar refractivity (Wildman–Crippen MR) is 215 cm³/mol. The van der Waals surface area contributed by atoms with Crippen LogP contribution < -0.4 is 5.32 Å². The zero-order chi connectivity index (χ0) is 39.8. The molecule has 1 aliphatic rings. The van der Waals surface area contributed by atoms with Crippen LogP contribution in [0.25, 0.3) is 0 Å². The second-order valence-corrected chi connectivity index (χ2v) is 15.8. The molecular weight excluding hydrogens is 690 g/mol. The SMILES string of the molecule is CCCCCCCCCCC/C=C\CCCCCCCCC(O)C(=O)NC(COC1OC(CO)C(O)C(O)C1O)C(O)C(O)CCCCCCCCCC. The highest BCUT2D eigenvalue weighted by Gasteiger charge is 2.44. The molecule has 0 aliphatic carbocycles. The number of nitrogens with one attached hydrogen (secondary N) is 1. The normalized spacial score (nSPS) is 22.7. The molecule has 0 aromatic carbocycles. The van der Waals surface area contributed by atoms with E-state index in [0.29, 0.717) is 19.3 Å². The van der Waals surface area contributed by atoms with Gasteiger partial charge >= 0.3 is 0 Å². The summed E-state index contributed by atoms with van der Waals surface area (Å²) in [6.07, 6.45) is 22.8. The van der Waals surface area contributed by atoms with E-state index >= 15 is 0 Å². The van der Waals surface area contributed by atoms with Gasteiger partial charge in [-0.15, -0.1) is 0 Å². The Morgan fingerprint density at radius 2 is 1.07 bits per heavy atom. The summed E-state index contributed by atoms with van der Waals surface area (Å²) in [7, 11) is 0. The van der Waals surface area contributed by atoms with Crippen molar-refractivity contribution in [2.24, 2.45) is 0 Å².